The second kappa shape index (κ2) is 7.22. The van der Waals surface area contributed by atoms with Crippen molar-refractivity contribution in [1.82, 2.24) is 24.1 Å². The van der Waals surface area contributed by atoms with Gasteiger partial charge in [-0.1, -0.05) is 18.2 Å². The minimum atomic E-state index is -0.339. The van der Waals surface area contributed by atoms with Crippen LogP contribution in [0.2, 0.25) is 0 Å². The van der Waals surface area contributed by atoms with E-state index in [1.54, 1.807) is 19.2 Å². The molecule has 3 aromatic heterocycles. The van der Waals surface area contributed by atoms with Crippen LogP contribution in [0.25, 0.3) is 11.2 Å². The molecule has 0 amide bonds. The Kier molecular flexibility index (Phi) is 4.35. The summed E-state index contributed by atoms with van der Waals surface area (Å²) in [6.07, 6.45) is 2.30. The van der Waals surface area contributed by atoms with Crippen LogP contribution < -0.4 is 16.2 Å². The summed E-state index contributed by atoms with van der Waals surface area (Å²) >= 11 is 0. The number of para-hydroxylation sites is 1. The molecule has 32 heavy (non-hydrogen) atoms. The van der Waals surface area contributed by atoms with Gasteiger partial charge in [0.1, 0.15) is 23.2 Å². The summed E-state index contributed by atoms with van der Waals surface area (Å²) in [6, 6.07) is 14.6. The molecule has 1 aliphatic heterocycles. The van der Waals surface area contributed by atoms with Gasteiger partial charge in [-0.25, -0.2) is 9.50 Å². The Morgan fingerprint density at radius 3 is 2.56 bits per heavy atom. The van der Waals surface area contributed by atoms with Crippen molar-refractivity contribution in [3.8, 4) is 17.8 Å². The number of rotatable bonds is 3. The Balaban J connectivity index is 1.75. The molecule has 156 valence electrons. The molecule has 5 rings (SSSR count). The van der Waals surface area contributed by atoms with Crippen LogP contribution in [-0.2, 0) is 0 Å². The number of aryl methyl sites for hydroxylation is 1. The molecule has 0 unspecified atom stereocenters. The van der Waals surface area contributed by atoms with Crippen LogP contribution in [0.4, 0.5) is 11.8 Å². The van der Waals surface area contributed by atoms with Crippen molar-refractivity contribution in [1.29, 1.82) is 10.5 Å². The first-order valence-corrected chi connectivity index (χ1v) is 9.94. The molecular formula is C22H17N9O. The molecule has 0 spiro atoms. The van der Waals surface area contributed by atoms with Crippen molar-refractivity contribution in [2.45, 2.75) is 19.4 Å². The van der Waals surface area contributed by atoms with E-state index in [-0.39, 0.29) is 28.6 Å². The van der Waals surface area contributed by atoms with Crippen LogP contribution in [0.15, 0.2) is 47.4 Å². The molecule has 0 radical (unpaired) electrons. The van der Waals surface area contributed by atoms with Gasteiger partial charge in [-0.05, 0) is 31.5 Å². The van der Waals surface area contributed by atoms with Crippen LogP contribution in [0, 0.1) is 29.6 Å². The fourth-order valence-electron chi connectivity index (χ4n) is 4.04. The zero-order valence-corrected chi connectivity index (χ0v) is 17.1. The van der Waals surface area contributed by atoms with Crippen molar-refractivity contribution in [3.05, 3.63) is 75.6 Å². The van der Waals surface area contributed by atoms with Gasteiger partial charge >= 0.3 is 0 Å². The minimum absolute atomic E-state index is 0.0788. The summed E-state index contributed by atoms with van der Waals surface area (Å²) in [4.78, 5) is 23.9. The predicted molar refractivity (Wildman–Crippen MR) is 116 cm³/mol. The number of anilines is 2. The highest BCUT2D eigenvalue weighted by molar-refractivity contribution is 5.62. The van der Waals surface area contributed by atoms with Gasteiger partial charge in [0, 0.05) is 12.7 Å². The molecule has 0 bridgehead atoms. The maximum absolute atomic E-state index is 13.5. The number of hydrogen-bond acceptors (Lipinski definition) is 8. The summed E-state index contributed by atoms with van der Waals surface area (Å²) in [5.41, 5.74) is 7.46. The minimum Gasteiger partial charge on any atom is -0.368 e. The molecule has 2 N–H and O–H groups in total. The largest absolute Gasteiger partial charge is 0.368 e. The summed E-state index contributed by atoms with van der Waals surface area (Å²) < 4.78 is 2.97. The van der Waals surface area contributed by atoms with E-state index < -0.39 is 0 Å². The SMILES string of the molecule is Cc1nc(N)nc(N2CC[C@H]2c2nn3ccc(C#N)c3c(=O)n2-c2ccccc2)c1C#N. The number of benzene rings is 1. The van der Waals surface area contributed by atoms with Gasteiger partial charge in [-0.3, -0.25) is 9.36 Å². The highest BCUT2D eigenvalue weighted by Gasteiger charge is 2.37. The number of nitrogen functional groups attached to an aromatic ring is 1. The standard InChI is InChI=1S/C22H17N9O/c1-13-16(12-24)19(27-22(25)26-13)29-9-8-17(29)20-28-30-10-7-14(11-23)18(30)21(32)31(20)15-5-3-2-4-6-15/h2-7,10,17H,8-9H2,1H3,(H2,25,26,27)/t17-/m0/s1. The number of nitriles is 2. The van der Waals surface area contributed by atoms with Gasteiger partial charge < -0.3 is 10.6 Å². The topological polar surface area (TPSA) is 142 Å². The predicted octanol–water partition coefficient (Wildman–Crippen LogP) is 1.86. The lowest BCUT2D eigenvalue weighted by atomic mass is 10.0. The maximum Gasteiger partial charge on any atom is 0.283 e. The molecule has 1 atom stereocenters. The quantitative estimate of drug-likeness (QED) is 0.526. The lowest BCUT2D eigenvalue weighted by Crippen LogP contribution is -2.45. The van der Waals surface area contributed by atoms with Gasteiger partial charge in [0.25, 0.3) is 5.56 Å². The van der Waals surface area contributed by atoms with Gasteiger partial charge in [0.2, 0.25) is 5.95 Å². The van der Waals surface area contributed by atoms with E-state index in [2.05, 4.69) is 22.1 Å². The fraction of sp³-hybridized carbons (Fsp3) is 0.182. The number of nitrogens with zero attached hydrogens (tertiary/aromatic N) is 8. The van der Waals surface area contributed by atoms with Crippen LogP contribution in [0.1, 0.15) is 35.1 Å². The third-order valence-corrected chi connectivity index (χ3v) is 5.64. The molecule has 0 aliphatic carbocycles. The fourth-order valence-corrected chi connectivity index (χ4v) is 4.04. The van der Waals surface area contributed by atoms with Crippen molar-refractivity contribution in [3.63, 3.8) is 0 Å². The second-order valence-corrected chi connectivity index (χ2v) is 7.44. The molecule has 1 aromatic carbocycles. The average molecular weight is 423 g/mol. The molecule has 10 heteroatoms. The van der Waals surface area contributed by atoms with E-state index in [1.165, 1.54) is 9.08 Å². The summed E-state index contributed by atoms with van der Waals surface area (Å²) in [5.74, 6) is 0.988. The van der Waals surface area contributed by atoms with Crippen molar-refractivity contribution >= 4 is 17.3 Å². The van der Waals surface area contributed by atoms with Gasteiger partial charge in [-0.15, -0.1) is 0 Å². The molecule has 4 heterocycles. The Bertz CT molecular complexity index is 1510. The van der Waals surface area contributed by atoms with Crippen molar-refractivity contribution in [2.24, 2.45) is 0 Å². The number of fused-ring (bicyclic) bond motifs is 1. The Morgan fingerprint density at radius 2 is 1.91 bits per heavy atom. The average Bonchev–Trinajstić information content (AvgIpc) is 3.17. The number of hydrogen-bond donors (Lipinski definition) is 1. The van der Waals surface area contributed by atoms with Crippen LogP contribution in [-0.4, -0.2) is 30.7 Å². The Morgan fingerprint density at radius 1 is 1.12 bits per heavy atom. The second-order valence-electron chi connectivity index (χ2n) is 7.44. The Labute approximate surface area is 182 Å². The lowest BCUT2D eigenvalue weighted by Gasteiger charge is -2.42. The first kappa shape index (κ1) is 19.3. The van der Waals surface area contributed by atoms with Crippen LogP contribution >= 0.6 is 0 Å². The van der Waals surface area contributed by atoms with E-state index in [0.717, 1.165) is 0 Å². The number of aromatic nitrogens is 5. The normalized spacial score (nSPS) is 15.2. The van der Waals surface area contributed by atoms with Gasteiger partial charge in [-0.2, -0.15) is 20.6 Å². The smallest absolute Gasteiger partial charge is 0.283 e. The lowest BCUT2D eigenvalue weighted by molar-refractivity contribution is 0.422. The molecule has 4 aromatic rings. The van der Waals surface area contributed by atoms with Gasteiger partial charge in [0.15, 0.2) is 11.6 Å². The van der Waals surface area contributed by atoms with E-state index in [4.69, 9.17) is 10.8 Å². The zero-order valence-electron chi connectivity index (χ0n) is 17.1. The monoisotopic (exact) mass is 423 g/mol. The number of nitrogens with two attached hydrogens (primary N) is 1. The van der Waals surface area contributed by atoms with Crippen molar-refractivity contribution < 1.29 is 0 Å². The van der Waals surface area contributed by atoms with E-state index in [1.807, 2.05) is 35.2 Å². The molecule has 1 aliphatic rings. The maximum atomic E-state index is 13.5. The third-order valence-electron chi connectivity index (χ3n) is 5.64. The molecule has 0 saturated carbocycles. The first-order valence-electron chi connectivity index (χ1n) is 9.94. The molecule has 1 saturated heterocycles. The first-order chi connectivity index (χ1) is 15.5. The van der Waals surface area contributed by atoms with Crippen LogP contribution in [0.3, 0.4) is 0 Å². The highest BCUT2D eigenvalue weighted by Crippen LogP contribution is 2.38. The van der Waals surface area contributed by atoms with E-state index in [9.17, 15) is 15.3 Å². The van der Waals surface area contributed by atoms with Crippen molar-refractivity contribution in [2.75, 3.05) is 17.2 Å². The van der Waals surface area contributed by atoms with E-state index >= 15 is 0 Å². The molecular weight excluding hydrogens is 406 g/mol. The third kappa shape index (κ3) is 2.78. The molecule has 1 fully saturated rings. The van der Waals surface area contributed by atoms with Crippen LogP contribution in [0.5, 0.6) is 0 Å². The summed E-state index contributed by atoms with van der Waals surface area (Å²) in [5, 5.41) is 23.8. The highest BCUT2D eigenvalue weighted by atomic mass is 16.1. The van der Waals surface area contributed by atoms with Gasteiger partial charge in [0.05, 0.1) is 23.0 Å². The molecule has 10 nitrogen and oxygen atoms in total. The summed E-state index contributed by atoms with van der Waals surface area (Å²) in [6.45, 7) is 2.33. The zero-order chi connectivity index (χ0) is 22.4. The Hall–Kier alpha value is -4.70. The van der Waals surface area contributed by atoms with E-state index in [0.29, 0.717) is 41.6 Å². The summed E-state index contributed by atoms with van der Waals surface area (Å²) in [7, 11) is 0.